The van der Waals surface area contributed by atoms with E-state index in [9.17, 15) is 0 Å². The third kappa shape index (κ3) is 8.44. The second-order valence-corrected chi connectivity index (χ2v) is 16.8. The zero-order valence-corrected chi connectivity index (χ0v) is 31.1. The van der Waals surface area contributed by atoms with Gasteiger partial charge in [-0.25, -0.2) is 0 Å². The molecule has 0 fully saturated rings. The lowest BCUT2D eigenvalue weighted by molar-refractivity contribution is 0.315. The van der Waals surface area contributed by atoms with Crippen molar-refractivity contribution in [2.45, 2.75) is 52.4 Å². The molecule has 0 aliphatic carbocycles. The Hall–Kier alpha value is 1.88. The first-order valence-electron chi connectivity index (χ1n) is 10.1. The summed E-state index contributed by atoms with van der Waals surface area (Å²) in [5.74, 6) is 1.59. The van der Waals surface area contributed by atoms with E-state index in [-0.39, 0.29) is 15.1 Å². The summed E-state index contributed by atoms with van der Waals surface area (Å²) in [6.45, 7) is 9.70. The maximum Gasteiger partial charge on any atom is 0.147 e. The van der Waals surface area contributed by atoms with Gasteiger partial charge in [-0.1, -0.05) is 91.4 Å². The van der Waals surface area contributed by atoms with Gasteiger partial charge in [0, 0.05) is 15.1 Å². The Morgan fingerprint density at radius 1 is 0.636 bits per heavy atom. The van der Waals surface area contributed by atoms with Gasteiger partial charge in [-0.15, -0.1) is 0 Å². The summed E-state index contributed by atoms with van der Waals surface area (Å²) in [4.78, 5) is 1.03. The first-order valence-corrected chi connectivity index (χ1v) is 16.9. The Morgan fingerprint density at radius 3 is 1.15 bits per heavy atom. The van der Waals surface area contributed by atoms with Crippen LogP contribution in [0.3, 0.4) is 0 Å². The van der Waals surface area contributed by atoms with Crippen LogP contribution < -0.4 is 9.47 Å². The van der Waals surface area contributed by atoms with Crippen LogP contribution in [0.4, 0.5) is 0 Å². The fourth-order valence-electron chi connectivity index (χ4n) is 2.87. The van der Waals surface area contributed by atoms with Crippen LogP contribution in [0.15, 0.2) is 42.2 Å². The molecule has 4 unspecified atom stereocenters. The third-order valence-electron chi connectivity index (χ3n) is 5.21. The Labute approximate surface area is 264 Å². The number of hydrogen-bond acceptors (Lipinski definition) is 2. The van der Waals surface area contributed by atoms with Crippen molar-refractivity contribution in [1.29, 1.82) is 0 Å². The fourth-order valence-corrected chi connectivity index (χ4v) is 6.28. The average Bonchev–Trinajstić information content (AvgIpc) is 2.71. The molecule has 0 aliphatic heterocycles. The van der Waals surface area contributed by atoms with Gasteiger partial charge in [0.05, 0.1) is 27.5 Å². The highest BCUT2D eigenvalue weighted by atomic mass is 79.9. The molecule has 0 aliphatic rings. The highest BCUT2D eigenvalue weighted by molar-refractivity contribution is 9.13. The van der Waals surface area contributed by atoms with Crippen LogP contribution in [0, 0.1) is 0 Å². The lowest BCUT2D eigenvalue weighted by atomic mass is 9.78. The number of alkyl halides is 4. The molecule has 0 bridgehead atoms. The van der Waals surface area contributed by atoms with Gasteiger partial charge in [0.1, 0.15) is 24.7 Å². The Kier molecular flexibility index (Phi) is 12.8. The zero-order chi connectivity index (χ0) is 25.1. The van der Waals surface area contributed by atoms with Crippen molar-refractivity contribution in [3.05, 3.63) is 53.3 Å². The number of rotatable bonds is 10. The summed E-state index contributed by atoms with van der Waals surface area (Å²) in [6.07, 6.45) is 0. The monoisotopic (exact) mass is 964 g/mol. The van der Waals surface area contributed by atoms with Gasteiger partial charge in [-0.3, -0.25) is 0 Å². The van der Waals surface area contributed by atoms with Crippen LogP contribution in [0.5, 0.6) is 11.5 Å². The molecule has 4 atom stereocenters. The topological polar surface area (TPSA) is 18.5 Å². The van der Waals surface area contributed by atoms with Crippen molar-refractivity contribution in [3.8, 4) is 11.5 Å². The van der Waals surface area contributed by atoms with Gasteiger partial charge in [0.15, 0.2) is 0 Å². The summed E-state index contributed by atoms with van der Waals surface area (Å²) in [7, 11) is 0. The lowest BCUT2D eigenvalue weighted by Crippen LogP contribution is -2.21. The molecule has 0 heterocycles. The molecule has 184 valence electrons. The molecular weight excluding hydrogens is 947 g/mol. The van der Waals surface area contributed by atoms with E-state index in [2.05, 4.69) is 179 Å². The highest BCUT2D eigenvalue weighted by Crippen LogP contribution is 2.44. The van der Waals surface area contributed by atoms with E-state index in [0.717, 1.165) is 40.5 Å². The molecule has 0 N–H and O–H groups in total. The smallest absolute Gasteiger partial charge is 0.147 e. The van der Waals surface area contributed by atoms with E-state index < -0.39 is 0 Å². The average molecular weight is 972 g/mol. The fraction of sp³-hybridized carbons (Fsp3) is 0.478. The molecule has 2 aromatic rings. The van der Waals surface area contributed by atoms with Crippen LogP contribution >= 0.6 is 127 Å². The largest absolute Gasteiger partial charge is 0.490 e. The Morgan fingerprint density at radius 2 is 0.909 bits per heavy atom. The van der Waals surface area contributed by atoms with Gasteiger partial charge in [0.2, 0.25) is 0 Å². The van der Waals surface area contributed by atoms with E-state index in [1.807, 2.05) is 0 Å². The second-order valence-electron chi connectivity index (χ2n) is 8.17. The van der Waals surface area contributed by atoms with Gasteiger partial charge < -0.3 is 9.47 Å². The predicted molar refractivity (Wildman–Crippen MR) is 169 cm³/mol. The van der Waals surface area contributed by atoms with Gasteiger partial charge in [-0.2, -0.15) is 0 Å². The standard InChI is InChI=1S/C23H24Br8O2/c1-11(24)19(30)9-32-21-15(26)5-13(6-16(21)27)23(3,4)14-7-17(28)22(18(29)8-14)33-10-20(31)12(2)25/h5-8,11-12,19-20H,9-10H2,1-4H3. The molecule has 33 heavy (non-hydrogen) atoms. The highest BCUT2D eigenvalue weighted by Gasteiger charge is 2.28. The molecule has 0 amide bonds. The van der Waals surface area contributed by atoms with Gasteiger partial charge >= 0.3 is 0 Å². The van der Waals surface area contributed by atoms with Crippen LogP contribution in [0.1, 0.15) is 38.8 Å². The molecule has 0 saturated heterocycles. The number of hydrogen-bond donors (Lipinski definition) is 0. The van der Waals surface area contributed by atoms with Crippen molar-refractivity contribution in [2.24, 2.45) is 0 Å². The van der Waals surface area contributed by atoms with Crippen molar-refractivity contribution >= 4 is 127 Å². The summed E-state index contributed by atoms with van der Waals surface area (Å²) in [5, 5.41) is 0. The quantitative estimate of drug-likeness (QED) is 0.221. The molecule has 0 saturated carbocycles. The van der Waals surface area contributed by atoms with E-state index in [1.165, 1.54) is 0 Å². The summed E-state index contributed by atoms with van der Waals surface area (Å²) in [6, 6.07) is 8.50. The molecule has 2 aromatic carbocycles. The SMILES string of the molecule is CC(Br)C(Br)COc1c(Br)cc(C(C)(C)c2cc(Br)c(OCC(Br)C(C)Br)c(Br)c2)cc1Br. The van der Waals surface area contributed by atoms with Crippen molar-refractivity contribution in [2.75, 3.05) is 13.2 Å². The molecule has 0 radical (unpaired) electrons. The minimum atomic E-state index is -0.266. The molecule has 2 rings (SSSR count). The maximum absolute atomic E-state index is 6.07. The summed E-state index contributed by atoms with van der Waals surface area (Å²) in [5.41, 5.74) is 2.04. The molecular formula is C23H24Br8O2. The number of benzene rings is 2. The van der Waals surface area contributed by atoms with Crippen LogP contribution in [-0.4, -0.2) is 32.5 Å². The minimum absolute atomic E-state index is 0.209. The number of halogens is 8. The van der Waals surface area contributed by atoms with Gasteiger partial charge in [-0.05, 0) is 99.1 Å². The van der Waals surface area contributed by atoms with E-state index in [4.69, 9.17) is 9.47 Å². The van der Waals surface area contributed by atoms with E-state index >= 15 is 0 Å². The van der Waals surface area contributed by atoms with E-state index in [0.29, 0.717) is 22.9 Å². The Balaban J connectivity index is 2.32. The normalized spacial score (nSPS) is 15.6. The second kappa shape index (κ2) is 13.6. The lowest BCUT2D eigenvalue weighted by Gasteiger charge is -2.28. The summed E-state index contributed by atoms with van der Waals surface area (Å²) < 4.78 is 15.8. The van der Waals surface area contributed by atoms with Crippen LogP contribution in [-0.2, 0) is 5.41 Å². The van der Waals surface area contributed by atoms with Crippen molar-refractivity contribution in [3.63, 3.8) is 0 Å². The van der Waals surface area contributed by atoms with Crippen molar-refractivity contribution < 1.29 is 9.47 Å². The summed E-state index contributed by atoms with van der Waals surface area (Å²) >= 11 is 29.3. The molecule has 0 aromatic heterocycles. The predicted octanol–water partition coefficient (Wildman–Crippen LogP) is 10.9. The van der Waals surface area contributed by atoms with Crippen molar-refractivity contribution in [1.82, 2.24) is 0 Å². The Bertz CT molecular complexity index is 840. The molecule has 0 spiro atoms. The number of ether oxygens (including phenoxy) is 2. The van der Waals surface area contributed by atoms with E-state index in [1.54, 1.807) is 0 Å². The van der Waals surface area contributed by atoms with Crippen LogP contribution in [0.2, 0.25) is 0 Å². The van der Waals surface area contributed by atoms with Gasteiger partial charge in [0.25, 0.3) is 0 Å². The molecule has 10 heteroatoms. The zero-order valence-electron chi connectivity index (χ0n) is 18.4. The first kappa shape index (κ1) is 31.1. The molecule has 2 nitrogen and oxygen atoms in total. The van der Waals surface area contributed by atoms with Crippen LogP contribution in [0.25, 0.3) is 0 Å². The third-order valence-corrected chi connectivity index (χ3v) is 12.4. The maximum atomic E-state index is 6.07. The minimum Gasteiger partial charge on any atom is -0.490 e. The first-order chi connectivity index (χ1) is 15.2.